The van der Waals surface area contributed by atoms with Crippen LogP contribution in [-0.2, 0) is 0 Å². The number of carbonyl (C=O) groups is 1. The number of carbonyl (C=O) groups excluding carboxylic acids is 1. The summed E-state index contributed by atoms with van der Waals surface area (Å²) in [4.78, 5) is 15.4. The molecule has 0 aromatic heterocycles. The number of halogens is 1. The van der Waals surface area contributed by atoms with E-state index in [0.717, 1.165) is 27.8 Å². The summed E-state index contributed by atoms with van der Waals surface area (Å²) in [7, 11) is 0. The van der Waals surface area contributed by atoms with Crippen molar-refractivity contribution >= 4 is 33.2 Å². The minimum atomic E-state index is 0.0508. The van der Waals surface area contributed by atoms with Gasteiger partial charge in [-0.2, -0.15) is 0 Å². The van der Waals surface area contributed by atoms with Crippen molar-refractivity contribution in [2.24, 2.45) is 0 Å². The van der Waals surface area contributed by atoms with E-state index in [2.05, 4.69) is 84.5 Å². The standard InChI is InChI=1S/C25H25BrN2O/c1-16-7-4-5-10-22(16)27-23-15-18(3)28(24-17(2)8-6-9-21(23)24)25(29)19-11-13-20(26)14-12-19/h4-14,18,23,27H,15H2,1-3H3/t18-,23-/m1/s1. The molecular formula is C25H25BrN2O. The molecule has 0 radical (unpaired) electrons. The van der Waals surface area contributed by atoms with Crippen LogP contribution in [0.5, 0.6) is 0 Å². The number of para-hydroxylation sites is 2. The number of fused-ring (bicyclic) bond motifs is 1. The number of anilines is 2. The minimum Gasteiger partial charge on any atom is -0.378 e. The molecule has 1 aliphatic rings. The van der Waals surface area contributed by atoms with Gasteiger partial charge < -0.3 is 10.2 Å². The van der Waals surface area contributed by atoms with Crippen LogP contribution in [0, 0.1) is 13.8 Å². The van der Waals surface area contributed by atoms with Gasteiger partial charge >= 0.3 is 0 Å². The topological polar surface area (TPSA) is 32.3 Å². The van der Waals surface area contributed by atoms with Gasteiger partial charge in [-0.15, -0.1) is 0 Å². The lowest BCUT2D eigenvalue weighted by Crippen LogP contribution is -2.44. The zero-order valence-corrected chi connectivity index (χ0v) is 18.5. The maximum Gasteiger partial charge on any atom is 0.258 e. The van der Waals surface area contributed by atoms with Gasteiger partial charge in [-0.05, 0) is 74.2 Å². The van der Waals surface area contributed by atoms with Gasteiger partial charge in [-0.25, -0.2) is 0 Å². The maximum absolute atomic E-state index is 13.4. The minimum absolute atomic E-state index is 0.0508. The summed E-state index contributed by atoms with van der Waals surface area (Å²) in [6.45, 7) is 6.34. The summed E-state index contributed by atoms with van der Waals surface area (Å²) < 4.78 is 0.972. The third-order valence-corrected chi connectivity index (χ3v) is 6.22. The molecular weight excluding hydrogens is 424 g/mol. The Balaban J connectivity index is 1.74. The number of amides is 1. The second-order valence-electron chi connectivity index (χ2n) is 7.79. The lowest BCUT2D eigenvalue weighted by atomic mass is 9.88. The normalized spacial score (nSPS) is 18.3. The van der Waals surface area contributed by atoms with Gasteiger partial charge in [0.1, 0.15) is 0 Å². The number of hydrogen-bond donors (Lipinski definition) is 1. The molecule has 3 aromatic rings. The monoisotopic (exact) mass is 448 g/mol. The van der Waals surface area contributed by atoms with Gasteiger partial charge in [0.15, 0.2) is 0 Å². The van der Waals surface area contributed by atoms with Crippen molar-refractivity contribution in [3.05, 3.63) is 93.5 Å². The van der Waals surface area contributed by atoms with Gasteiger partial charge in [-0.3, -0.25) is 4.79 Å². The van der Waals surface area contributed by atoms with E-state index in [1.807, 2.05) is 29.2 Å². The van der Waals surface area contributed by atoms with E-state index in [0.29, 0.717) is 5.56 Å². The molecule has 4 rings (SSSR count). The highest BCUT2D eigenvalue weighted by atomic mass is 79.9. The average molecular weight is 449 g/mol. The van der Waals surface area contributed by atoms with Crippen molar-refractivity contribution in [1.29, 1.82) is 0 Å². The molecule has 148 valence electrons. The van der Waals surface area contributed by atoms with Gasteiger partial charge in [-0.1, -0.05) is 52.3 Å². The van der Waals surface area contributed by atoms with Crippen LogP contribution in [0.2, 0.25) is 0 Å². The smallest absolute Gasteiger partial charge is 0.258 e. The Morgan fingerprint density at radius 2 is 1.66 bits per heavy atom. The predicted octanol–water partition coefficient (Wildman–Crippen LogP) is 6.66. The third-order valence-electron chi connectivity index (χ3n) is 5.69. The van der Waals surface area contributed by atoms with E-state index in [-0.39, 0.29) is 18.0 Å². The zero-order valence-electron chi connectivity index (χ0n) is 16.9. The fourth-order valence-electron chi connectivity index (χ4n) is 4.18. The van der Waals surface area contributed by atoms with Gasteiger partial charge in [0.25, 0.3) is 5.91 Å². The lowest BCUT2D eigenvalue weighted by molar-refractivity contribution is 0.0974. The first kappa shape index (κ1) is 19.7. The Kier molecular flexibility index (Phi) is 5.46. The van der Waals surface area contributed by atoms with E-state index in [1.165, 1.54) is 11.1 Å². The summed E-state index contributed by atoms with van der Waals surface area (Å²) in [5.74, 6) is 0.0508. The van der Waals surface area contributed by atoms with E-state index in [1.54, 1.807) is 0 Å². The fourth-order valence-corrected chi connectivity index (χ4v) is 4.44. The summed E-state index contributed by atoms with van der Waals surface area (Å²) in [6, 6.07) is 22.5. The van der Waals surface area contributed by atoms with E-state index in [4.69, 9.17) is 0 Å². The molecule has 1 N–H and O–H groups in total. The molecule has 3 nitrogen and oxygen atoms in total. The predicted molar refractivity (Wildman–Crippen MR) is 124 cm³/mol. The van der Waals surface area contributed by atoms with Crippen LogP contribution in [-0.4, -0.2) is 11.9 Å². The Labute approximate surface area is 180 Å². The van der Waals surface area contributed by atoms with Crippen molar-refractivity contribution in [2.75, 3.05) is 10.2 Å². The third kappa shape index (κ3) is 3.82. The summed E-state index contributed by atoms with van der Waals surface area (Å²) in [5.41, 5.74) is 6.41. The maximum atomic E-state index is 13.4. The van der Waals surface area contributed by atoms with Crippen LogP contribution < -0.4 is 10.2 Å². The molecule has 0 saturated heterocycles. The highest BCUT2D eigenvalue weighted by Gasteiger charge is 2.35. The van der Waals surface area contributed by atoms with Crippen molar-refractivity contribution in [3.63, 3.8) is 0 Å². The van der Waals surface area contributed by atoms with Crippen LogP contribution in [0.1, 0.15) is 46.4 Å². The summed E-state index contributed by atoms with van der Waals surface area (Å²) >= 11 is 3.45. The molecule has 0 unspecified atom stereocenters. The van der Waals surface area contributed by atoms with Crippen molar-refractivity contribution in [3.8, 4) is 0 Å². The van der Waals surface area contributed by atoms with Crippen LogP contribution in [0.15, 0.2) is 71.2 Å². The average Bonchev–Trinajstić information content (AvgIpc) is 2.70. The van der Waals surface area contributed by atoms with Crippen LogP contribution >= 0.6 is 15.9 Å². The zero-order chi connectivity index (χ0) is 20.5. The van der Waals surface area contributed by atoms with Crippen LogP contribution in [0.3, 0.4) is 0 Å². The second kappa shape index (κ2) is 8.03. The number of rotatable bonds is 3. The van der Waals surface area contributed by atoms with Gasteiger partial charge in [0.05, 0.1) is 11.7 Å². The molecule has 3 aromatic carbocycles. The lowest BCUT2D eigenvalue weighted by Gasteiger charge is -2.41. The number of hydrogen-bond acceptors (Lipinski definition) is 2. The fraction of sp³-hybridized carbons (Fsp3) is 0.240. The molecule has 4 heteroatoms. The SMILES string of the molecule is Cc1ccccc1N[C@@H]1C[C@@H](C)N(C(=O)c2ccc(Br)cc2)c2c(C)cccc21. The molecule has 0 spiro atoms. The molecule has 0 fully saturated rings. The highest BCUT2D eigenvalue weighted by Crippen LogP contribution is 2.41. The number of aryl methyl sites for hydroxylation is 2. The first-order valence-electron chi connectivity index (χ1n) is 9.96. The second-order valence-corrected chi connectivity index (χ2v) is 8.71. The molecule has 1 heterocycles. The summed E-state index contributed by atoms with van der Waals surface area (Å²) in [5, 5.41) is 3.73. The van der Waals surface area contributed by atoms with Crippen LogP contribution in [0.25, 0.3) is 0 Å². The first-order valence-corrected chi connectivity index (χ1v) is 10.8. The van der Waals surface area contributed by atoms with Gasteiger partial charge in [0.2, 0.25) is 0 Å². The number of benzene rings is 3. The molecule has 1 aliphatic heterocycles. The van der Waals surface area contributed by atoms with E-state index < -0.39 is 0 Å². The quantitative estimate of drug-likeness (QED) is 0.485. The summed E-state index contributed by atoms with van der Waals surface area (Å²) in [6.07, 6.45) is 0.854. The van der Waals surface area contributed by atoms with E-state index >= 15 is 0 Å². The molecule has 1 amide bonds. The Hall–Kier alpha value is -2.59. The first-order chi connectivity index (χ1) is 14.0. The molecule has 0 saturated carbocycles. The highest BCUT2D eigenvalue weighted by molar-refractivity contribution is 9.10. The van der Waals surface area contributed by atoms with Crippen molar-refractivity contribution in [2.45, 2.75) is 39.3 Å². The van der Waals surface area contributed by atoms with Gasteiger partial charge in [0, 0.05) is 21.8 Å². The van der Waals surface area contributed by atoms with Crippen LogP contribution in [0.4, 0.5) is 11.4 Å². The molecule has 0 bridgehead atoms. The van der Waals surface area contributed by atoms with Crippen molar-refractivity contribution in [1.82, 2.24) is 0 Å². The molecule has 29 heavy (non-hydrogen) atoms. The molecule has 2 atom stereocenters. The van der Waals surface area contributed by atoms with E-state index in [9.17, 15) is 4.79 Å². The Bertz CT molecular complexity index is 1040. The molecule has 0 aliphatic carbocycles. The Morgan fingerprint density at radius 1 is 0.966 bits per heavy atom. The number of nitrogens with zero attached hydrogens (tertiary/aromatic N) is 1. The van der Waals surface area contributed by atoms with Crippen molar-refractivity contribution < 1.29 is 4.79 Å². The Morgan fingerprint density at radius 3 is 2.38 bits per heavy atom. The number of nitrogens with one attached hydrogen (secondary N) is 1. The largest absolute Gasteiger partial charge is 0.378 e.